The van der Waals surface area contributed by atoms with Gasteiger partial charge in [0.25, 0.3) is 11.8 Å². The van der Waals surface area contributed by atoms with Crippen molar-refractivity contribution < 1.29 is 23.5 Å². The van der Waals surface area contributed by atoms with Gasteiger partial charge in [-0.2, -0.15) is 0 Å². The maximum absolute atomic E-state index is 14.5. The summed E-state index contributed by atoms with van der Waals surface area (Å²) in [6.07, 6.45) is 0.177. The number of halogens is 2. The Kier molecular flexibility index (Phi) is 5.40. The summed E-state index contributed by atoms with van der Waals surface area (Å²) in [5.74, 6) is -2.03. The molecule has 6 rings (SSSR count). The van der Waals surface area contributed by atoms with E-state index in [9.17, 15) is 23.9 Å². The lowest BCUT2D eigenvalue weighted by atomic mass is 9.84. The Balaban J connectivity index is 1.64. The quantitative estimate of drug-likeness (QED) is 0.427. The summed E-state index contributed by atoms with van der Waals surface area (Å²) >= 11 is 6.04. The van der Waals surface area contributed by atoms with Gasteiger partial charge in [-0.25, -0.2) is 4.39 Å². The highest BCUT2D eigenvalue weighted by atomic mass is 35.5. The molecule has 3 heterocycles. The highest BCUT2D eigenvalue weighted by Gasteiger charge is 2.64. The van der Waals surface area contributed by atoms with Crippen LogP contribution in [0, 0.1) is 5.82 Å². The molecule has 1 spiro atoms. The normalized spacial score (nSPS) is 18.2. The molecule has 0 bridgehead atoms. The minimum absolute atomic E-state index is 0.00145. The molecule has 1 aromatic heterocycles. The zero-order valence-electron chi connectivity index (χ0n) is 19.4. The summed E-state index contributed by atoms with van der Waals surface area (Å²) < 4.78 is 20.0. The second-order valence-electron chi connectivity index (χ2n) is 9.06. The fourth-order valence-corrected chi connectivity index (χ4v) is 5.55. The molecule has 4 aromatic rings. The van der Waals surface area contributed by atoms with E-state index in [0.717, 1.165) is 17.7 Å². The molecule has 2 aliphatic rings. The van der Waals surface area contributed by atoms with Crippen molar-refractivity contribution in [3.63, 3.8) is 0 Å². The molecule has 7 nitrogen and oxygen atoms in total. The number of anilines is 1. The van der Waals surface area contributed by atoms with Crippen molar-refractivity contribution in [1.82, 2.24) is 4.90 Å². The number of rotatable bonds is 5. The number of benzene rings is 3. The van der Waals surface area contributed by atoms with Gasteiger partial charge in [0.15, 0.2) is 11.0 Å². The molecule has 2 aliphatic heterocycles. The SMILES string of the molecule is O=C1c2oc3ccc(F)cc3c(=O)c2C2(C(=O)N(Cc3ccc(Cl)cc3)c3ccccc32)N1CCCO. The van der Waals surface area contributed by atoms with E-state index in [4.69, 9.17) is 16.0 Å². The molecule has 1 N–H and O–H groups in total. The van der Waals surface area contributed by atoms with Crippen molar-refractivity contribution in [2.75, 3.05) is 18.1 Å². The van der Waals surface area contributed by atoms with E-state index in [0.29, 0.717) is 16.3 Å². The van der Waals surface area contributed by atoms with Crippen LogP contribution >= 0.6 is 11.6 Å². The van der Waals surface area contributed by atoms with Gasteiger partial charge in [-0.15, -0.1) is 0 Å². The van der Waals surface area contributed by atoms with Gasteiger partial charge < -0.3 is 19.3 Å². The first-order valence-corrected chi connectivity index (χ1v) is 12.1. The molecule has 9 heteroatoms. The largest absolute Gasteiger partial charge is 0.450 e. The minimum Gasteiger partial charge on any atom is -0.450 e. The molecule has 0 aliphatic carbocycles. The van der Waals surface area contributed by atoms with Crippen molar-refractivity contribution in [3.05, 3.63) is 110 Å². The second kappa shape index (κ2) is 8.54. The van der Waals surface area contributed by atoms with Gasteiger partial charge >= 0.3 is 0 Å². The number of carbonyl (C=O) groups is 2. The molecule has 0 radical (unpaired) electrons. The van der Waals surface area contributed by atoms with E-state index in [-0.39, 0.29) is 48.4 Å². The zero-order valence-corrected chi connectivity index (χ0v) is 20.2. The summed E-state index contributed by atoms with van der Waals surface area (Å²) in [4.78, 5) is 45.0. The number of aliphatic hydroxyl groups is 1. The molecule has 1 unspecified atom stereocenters. The van der Waals surface area contributed by atoms with Crippen LogP contribution in [0.4, 0.5) is 10.1 Å². The molecule has 0 fully saturated rings. The fraction of sp³-hybridized carbons (Fsp3) is 0.179. The number of hydrogen-bond acceptors (Lipinski definition) is 5. The maximum atomic E-state index is 14.5. The Bertz CT molecular complexity index is 1650. The summed E-state index contributed by atoms with van der Waals surface area (Å²) in [5.41, 5.74) is -0.765. The Hall–Kier alpha value is -4.01. The van der Waals surface area contributed by atoms with E-state index in [1.165, 1.54) is 15.9 Å². The monoisotopic (exact) mass is 518 g/mol. The maximum Gasteiger partial charge on any atom is 0.291 e. The molecule has 0 saturated heterocycles. The smallest absolute Gasteiger partial charge is 0.291 e. The molecule has 3 aromatic carbocycles. The van der Waals surface area contributed by atoms with E-state index < -0.39 is 28.6 Å². The predicted molar refractivity (Wildman–Crippen MR) is 135 cm³/mol. The Morgan fingerprint density at radius 3 is 2.51 bits per heavy atom. The fourth-order valence-electron chi connectivity index (χ4n) is 5.42. The average Bonchev–Trinajstić information content (AvgIpc) is 3.29. The van der Waals surface area contributed by atoms with Crippen molar-refractivity contribution in [3.8, 4) is 0 Å². The Labute approximate surface area is 215 Å². The first-order valence-electron chi connectivity index (χ1n) is 11.7. The van der Waals surface area contributed by atoms with Crippen molar-refractivity contribution in [2.45, 2.75) is 18.5 Å². The van der Waals surface area contributed by atoms with Crippen LogP contribution in [0.5, 0.6) is 0 Å². The van der Waals surface area contributed by atoms with Gasteiger partial charge in [0.1, 0.15) is 11.4 Å². The lowest BCUT2D eigenvalue weighted by molar-refractivity contribution is -0.126. The van der Waals surface area contributed by atoms with E-state index in [1.54, 1.807) is 48.5 Å². The van der Waals surface area contributed by atoms with E-state index >= 15 is 0 Å². The van der Waals surface area contributed by atoms with Crippen LogP contribution in [0.2, 0.25) is 5.02 Å². The number of hydrogen-bond donors (Lipinski definition) is 1. The van der Waals surface area contributed by atoms with Crippen LogP contribution in [-0.2, 0) is 16.9 Å². The van der Waals surface area contributed by atoms with Crippen LogP contribution in [0.15, 0.2) is 75.9 Å². The predicted octanol–water partition coefficient (Wildman–Crippen LogP) is 4.21. The van der Waals surface area contributed by atoms with Gasteiger partial charge in [-0.1, -0.05) is 41.9 Å². The van der Waals surface area contributed by atoms with Crippen molar-refractivity contribution >= 4 is 40.1 Å². The third-order valence-electron chi connectivity index (χ3n) is 6.99. The summed E-state index contributed by atoms with van der Waals surface area (Å²) in [6.45, 7) is -0.0622. The van der Waals surface area contributed by atoms with Gasteiger partial charge in [0.05, 0.1) is 23.2 Å². The zero-order chi connectivity index (χ0) is 25.9. The molecule has 186 valence electrons. The topological polar surface area (TPSA) is 91.1 Å². The lowest BCUT2D eigenvalue weighted by Crippen LogP contribution is -2.53. The highest BCUT2D eigenvalue weighted by Crippen LogP contribution is 2.52. The summed E-state index contributed by atoms with van der Waals surface area (Å²) in [5, 5.41) is 10.1. The van der Waals surface area contributed by atoms with Gasteiger partial charge in [0.2, 0.25) is 5.76 Å². The van der Waals surface area contributed by atoms with Gasteiger partial charge in [0, 0.05) is 23.7 Å². The number of fused-ring (bicyclic) bond motifs is 5. The van der Waals surface area contributed by atoms with Crippen LogP contribution < -0.4 is 10.3 Å². The summed E-state index contributed by atoms with van der Waals surface area (Å²) in [7, 11) is 0. The molecular formula is C28H20ClFN2O5. The Morgan fingerprint density at radius 1 is 1.00 bits per heavy atom. The van der Waals surface area contributed by atoms with Crippen LogP contribution in [0.25, 0.3) is 11.0 Å². The minimum atomic E-state index is -1.81. The van der Waals surface area contributed by atoms with Crippen molar-refractivity contribution in [1.29, 1.82) is 0 Å². The highest BCUT2D eigenvalue weighted by molar-refractivity contribution is 6.30. The lowest BCUT2D eigenvalue weighted by Gasteiger charge is -2.34. The number of amides is 2. The first-order chi connectivity index (χ1) is 17.9. The van der Waals surface area contributed by atoms with Crippen LogP contribution in [0.3, 0.4) is 0 Å². The summed E-state index contributed by atoms with van der Waals surface area (Å²) in [6, 6.07) is 17.5. The molecule has 37 heavy (non-hydrogen) atoms. The van der Waals surface area contributed by atoms with Crippen LogP contribution in [0.1, 0.15) is 33.7 Å². The molecule has 2 amide bonds. The Morgan fingerprint density at radius 2 is 1.76 bits per heavy atom. The number of carbonyl (C=O) groups excluding carboxylic acids is 2. The van der Waals surface area contributed by atoms with E-state index in [1.807, 2.05) is 0 Å². The number of aliphatic hydroxyl groups excluding tert-OH is 1. The van der Waals surface area contributed by atoms with Crippen molar-refractivity contribution in [2.24, 2.45) is 0 Å². The number of para-hydroxylation sites is 1. The average molecular weight is 519 g/mol. The van der Waals surface area contributed by atoms with Gasteiger partial charge in [-0.05, 0) is 48.4 Å². The first kappa shape index (κ1) is 23.4. The standard InChI is InChI=1S/C28H20ClFN2O5/c29-17-8-6-16(7-9-17)15-31-21-5-2-1-4-20(21)28(27(31)36)23-24(34)19-14-18(30)10-11-22(19)37-25(23)26(35)32(28)12-3-13-33/h1-2,4-11,14,33H,3,12-13,15H2. The van der Waals surface area contributed by atoms with E-state index in [2.05, 4.69) is 0 Å². The van der Waals surface area contributed by atoms with Gasteiger partial charge in [-0.3, -0.25) is 14.4 Å². The molecule has 1 atom stereocenters. The second-order valence-corrected chi connectivity index (χ2v) is 9.49. The molecular weight excluding hydrogens is 499 g/mol. The number of nitrogens with zero attached hydrogens (tertiary/aromatic N) is 2. The third kappa shape index (κ3) is 3.26. The molecule has 0 saturated carbocycles. The van der Waals surface area contributed by atoms with Crippen LogP contribution in [-0.4, -0.2) is 35.0 Å². The third-order valence-corrected chi connectivity index (χ3v) is 7.24.